The molecule has 0 spiro atoms. The maximum atomic E-state index is 12.7. The second-order valence-electron chi connectivity index (χ2n) is 5.86. The van der Waals surface area contributed by atoms with Crippen LogP contribution in [0.4, 0.5) is 5.82 Å². The fourth-order valence-corrected chi connectivity index (χ4v) is 4.33. The normalized spacial score (nSPS) is 11.6. The van der Waals surface area contributed by atoms with Crippen molar-refractivity contribution in [3.63, 3.8) is 0 Å². The minimum atomic E-state index is -3.68. The third kappa shape index (κ3) is 4.41. The zero-order valence-electron chi connectivity index (χ0n) is 15.2. The number of carbonyl (C=O) groups is 1. The molecule has 1 heterocycles. The van der Waals surface area contributed by atoms with Gasteiger partial charge in [0.15, 0.2) is 0 Å². The van der Waals surface area contributed by atoms with Crippen LogP contribution in [0.25, 0.3) is 0 Å². The van der Waals surface area contributed by atoms with Crippen LogP contribution in [0.1, 0.15) is 35.5 Å². The van der Waals surface area contributed by atoms with Gasteiger partial charge in [-0.3, -0.25) is 4.79 Å². The van der Waals surface area contributed by atoms with Crippen LogP contribution in [0.3, 0.4) is 0 Å². The largest absolute Gasteiger partial charge is 0.307 e. The van der Waals surface area contributed by atoms with Gasteiger partial charge >= 0.3 is 0 Å². The molecule has 6 nitrogen and oxygen atoms in total. The Morgan fingerprint density at radius 2 is 1.81 bits per heavy atom. The zero-order chi connectivity index (χ0) is 19.5. The Kier molecular flexibility index (Phi) is 6.39. The molecule has 2 rings (SSSR count). The smallest absolute Gasteiger partial charge is 0.258 e. The van der Waals surface area contributed by atoms with Gasteiger partial charge in [0, 0.05) is 18.8 Å². The number of anilines is 1. The monoisotopic (exact) mass is 395 g/mol. The van der Waals surface area contributed by atoms with E-state index in [1.807, 2.05) is 19.9 Å². The number of aromatic nitrogens is 1. The Bertz CT molecular complexity index is 905. The van der Waals surface area contributed by atoms with E-state index in [2.05, 4.69) is 10.3 Å². The van der Waals surface area contributed by atoms with Crippen molar-refractivity contribution in [2.75, 3.05) is 18.4 Å². The van der Waals surface area contributed by atoms with Crippen LogP contribution in [0.15, 0.2) is 35.2 Å². The third-order valence-corrected chi connectivity index (χ3v) is 6.24. The zero-order valence-corrected chi connectivity index (χ0v) is 16.8. The van der Waals surface area contributed by atoms with Gasteiger partial charge in [0.2, 0.25) is 10.0 Å². The molecule has 140 valence electrons. The lowest BCUT2D eigenvalue weighted by Gasteiger charge is -2.19. The van der Waals surface area contributed by atoms with Gasteiger partial charge < -0.3 is 5.32 Å². The fourth-order valence-electron chi connectivity index (χ4n) is 2.64. The average Bonchev–Trinajstić information content (AvgIpc) is 2.54. The molecule has 1 aromatic carbocycles. The van der Waals surface area contributed by atoms with Gasteiger partial charge in [0.1, 0.15) is 5.82 Å². The van der Waals surface area contributed by atoms with Gasteiger partial charge in [-0.1, -0.05) is 25.4 Å². The second-order valence-corrected chi connectivity index (χ2v) is 8.20. The summed E-state index contributed by atoms with van der Waals surface area (Å²) < 4.78 is 26.7. The number of halogens is 1. The van der Waals surface area contributed by atoms with E-state index in [0.29, 0.717) is 18.9 Å². The van der Waals surface area contributed by atoms with E-state index < -0.39 is 15.9 Å². The van der Waals surface area contributed by atoms with Crippen molar-refractivity contribution in [3.05, 3.63) is 52.2 Å². The van der Waals surface area contributed by atoms with Crippen LogP contribution < -0.4 is 5.32 Å². The van der Waals surface area contributed by atoms with E-state index in [1.165, 1.54) is 22.5 Å². The van der Waals surface area contributed by atoms with Crippen molar-refractivity contribution in [2.45, 2.75) is 32.6 Å². The van der Waals surface area contributed by atoms with Crippen molar-refractivity contribution in [1.29, 1.82) is 0 Å². The number of nitrogens with one attached hydrogen (secondary N) is 1. The van der Waals surface area contributed by atoms with Gasteiger partial charge in [-0.05, 0) is 49.7 Å². The van der Waals surface area contributed by atoms with Gasteiger partial charge in [-0.2, -0.15) is 4.31 Å². The molecule has 1 aromatic heterocycles. The van der Waals surface area contributed by atoms with Crippen molar-refractivity contribution in [3.8, 4) is 0 Å². The highest BCUT2D eigenvalue weighted by Gasteiger charge is 2.24. The van der Waals surface area contributed by atoms with E-state index in [1.54, 1.807) is 19.9 Å². The molecule has 0 radical (unpaired) electrons. The first-order chi connectivity index (χ1) is 12.2. The van der Waals surface area contributed by atoms with Gasteiger partial charge in [-0.25, -0.2) is 13.4 Å². The maximum absolute atomic E-state index is 12.7. The minimum Gasteiger partial charge on any atom is -0.307 e. The summed E-state index contributed by atoms with van der Waals surface area (Å²) in [5.41, 5.74) is 1.81. The Balaban J connectivity index is 2.39. The highest BCUT2D eigenvalue weighted by molar-refractivity contribution is 7.89. The first-order valence-electron chi connectivity index (χ1n) is 8.25. The molecule has 1 amide bonds. The highest BCUT2D eigenvalue weighted by Crippen LogP contribution is 2.24. The maximum Gasteiger partial charge on any atom is 0.258 e. The molecule has 0 saturated carbocycles. The summed E-state index contributed by atoms with van der Waals surface area (Å²) in [5.74, 6) is -0.121. The lowest BCUT2D eigenvalue weighted by atomic mass is 10.2. The SMILES string of the molecule is CCN(CC)S(=O)(=O)c1ccc(Cl)c(C(=O)Nc2cc(C)cc(C)n2)c1. The van der Waals surface area contributed by atoms with Crippen LogP contribution in [-0.4, -0.2) is 36.7 Å². The molecule has 1 N–H and O–H groups in total. The Labute approximate surface area is 159 Å². The molecule has 0 saturated heterocycles. The highest BCUT2D eigenvalue weighted by atomic mass is 35.5. The molecular weight excluding hydrogens is 374 g/mol. The summed E-state index contributed by atoms with van der Waals surface area (Å²) >= 11 is 6.13. The number of benzene rings is 1. The summed E-state index contributed by atoms with van der Waals surface area (Å²) in [4.78, 5) is 16.9. The number of hydrogen-bond acceptors (Lipinski definition) is 4. The molecule has 26 heavy (non-hydrogen) atoms. The lowest BCUT2D eigenvalue weighted by molar-refractivity contribution is 0.102. The summed E-state index contributed by atoms with van der Waals surface area (Å²) in [7, 11) is -3.68. The average molecular weight is 396 g/mol. The van der Waals surface area contributed by atoms with Crippen LogP contribution in [0.5, 0.6) is 0 Å². The van der Waals surface area contributed by atoms with Gasteiger partial charge in [0.05, 0.1) is 15.5 Å². The summed E-state index contributed by atoms with van der Waals surface area (Å²) in [6, 6.07) is 7.74. The molecule has 0 bridgehead atoms. The number of pyridine rings is 1. The number of hydrogen-bond donors (Lipinski definition) is 1. The molecule has 0 atom stereocenters. The van der Waals surface area contributed by atoms with E-state index in [9.17, 15) is 13.2 Å². The van der Waals surface area contributed by atoms with Crippen LogP contribution in [-0.2, 0) is 10.0 Å². The molecule has 0 aliphatic rings. The number of aryl methyl sites for hydroxylation is 2. The standard InChI is InChI=1S/C18H22ClN3O3S/c1-5-22(6-2)26(24,25)14-7-8-16(19)15(11-14)18(23)21-17-10-12(3)9-13(4)20-17/h7-11H,5-6H2,1-4H3,(H,20,21,23). The number of nitrogens with zero attached hydrogens (tertiary/aromatic N) is 2. The number of carbonyl (C=O) groups excluding carboxylic acids is 1. The van der Waals surface area contributed by atoms with E-state index in [4.69, 9.17) is 11.6 Å². The van der Waals surface area contributed by atoms with Crippen LogP contribution in [0, 0.1) is 13.8 Å². The predicted molar refractivity (Wildman–Crippen MR) is 103 cm³/mol. The van der Waals surface area contributed by atoms with Gasteiger partial charge in [0.25, 0.3) is 5.91 Å². The molecular formula is C18H22ClN3O3S. The first-order valence-corrected chi connectivity index (χ1v) is 10.1. The minimum absolute atomic E-state index is 0.0316. The number of amides is 1. The fraction of sp³-hybridized carbons (Fsp3) is 0.333. The summed E-state index contributed by atoms with van der Waals surface area (Å²) in [6.07, 6.45) is 0. The second kappa shape index (κ2) is 8.16. The van der Waals surface area contributed by atoms with Crippen molar-refractivity contribution < 1.29 is 13.2 Å². The van der Waals surface area contributed by atoms with Crippen molar-refractivity contribution in [2.24, 2.45) is 0 Å². The lowest BCUT2D eigenvalue weighted by Crippen LogP contribution is -2.30. The quantitative estimate of drug-likeness (QED) is 0.809. The predicted octanol–water partition coefficient (Wildman–Crippen LogP) is 3.63. The van der Waals surface area contributed by atoms with Crippen LogP contribution >= 0.6 is 11.6 Å². The Hall–Kier alpha value is -1.96. The van der Waals surface area contributed by atoms with Crippen molar-refractivity contribution in [1.82, 2.24) is 9.29 Å². The van der Waals surface area contributed by atoms with E-state index in [-0.39, 0.29) is 15.5 Å². The molecule has 0 aliphatic heterocycles. The number of sulfonamides is 1. The molecule has 2 aromatic rings. The summed E-state index contributed by atoms with van der Waals surface area (Å²) in [5, 5.41) is 2.85. The molecule has 0 fully saturated rings. The van der Waals surface area contributed by atoms with E-state index in [0.717, 1.165) is 11.3 Å². The summed E-state index contributed by atoms with van der Waals surface area (Å²) in [6.45, 7) is 7.93. The third-order valence-electron chi connectivity index (χ3n) is 3.86. The Morgan fingerprint density at radius 1 is 1.15 bits per heavy atom. The first kappa shape index (κ1) is 20.4. The topological polar surface area (TPSA) is 79.4 Å². The molecule has 8 heteroatoms. The van der Waals surface area contributed by atoms with Crippen molar-refractivity contribution >= 4 is 33.3 Å². The van der Waals surface area contributed by atoms with Gasteiger partial charge in [-0.15, -0.1) is 0 Å². The number of rotatable bonds is 6. The molecule has 0 unspecified atom stereocenters. The molecule has 0 aliphatic carbocycles. The van der Waals surface area contributed by atoms with E-state index >= 15 is 0 Å². The van der Waals surface area contributed by atoms with Crippen LogP contribution in [0.2, 0.25) is 5.02 Å². The Morgan fingerprint density at radius 3 is 2.38 bits per heavy atom.